The molecule has 2 aromatic heterocycles. The number of carbonyl (C=O) groups is 1. The number of benzene rings is 1. The van der Waals surface area contributed by atoms with Crippen LogP contribution in [0.25, 0.3) is 11.0 Å². The van der Waals surface area contributed by atoms with Crippen LogP contribution in [0.1, 0.15) is 28.9 Å². The van der Waals surface area contributed by atoms with Crippen molar-refractivity contribution in [2.75, 3.05) is 25.0 Å². The second kappa shape index (κ2) is 6.78. The number of carbonyl (C=O) groups excluding carboxylic acids is 1. The number of likely N-dealkylation sites (N-methyl/N-ethyl adjacent to an activating group) is 1. The summed E-state index contributed by atoms with van der Waals surface area (Å²) in [5.74, 6) is 1.04. The second-order valence-corrected chi connectivity index (χ2v) is 6.93. The summed E-state index contributed by atoms with van der Waals surface area (Å²) in [4.78, 5) is 29.0. The molecule has 0 radical (unpaired) electrons. The van der Waals surface area contributed by atoms with Crippen molar-refractivity contribution >= 4 is 22.8 Å². The zero-order valence-corrected chi connectivity index (χ0v) is 15.1. The Bertz CT molecular complexity index is 935. The first-order valence-electron chi connectivity index (χ1n) is 9.01. The van der Waals surface area contributed by atoms with E-state index in [0.29, 0.717) is 5.56 Å². The predicted octanol–water partition coefficient (Wildman–Crippen LogP) is 3.01. The maximum Gasteiger partial charge on any atom is 0.253 e. The lowest BCUT2D eigenvalue weighted by Crippen LogP contribution is -2.48. The minimum atomic E-state index is 0.0468. The number of amides is 1. The average molecular weight is 349 g/mol. The Labute approximate surface area is 152 Å². The van der Waals surface area contributed by atoms with E-state index in [-0.39, 0.29) is 11.9 Å². The van der Waals surface area contributed by atoms with E-state index >= 15 is 0 Å². The fraction of sp³-hybridized carbons (Fsp3) is 0.350. The number of aryl methyl sites for hydroxylation is 1. The number of pyridine rings is 1. The van der Waals surface area contributed by atoms with Gasteiger partial charge in [-0.25, -0.2) is 9.97 Å². The van der Waals surface area contributed by atoms with Gasteiger partial charge in [0.25, 0.3) is 5.91 Å². The molecule has 3 heterocycles. The number of aromatic amines is 1. The summed E-state index contributed by atoms with van der Waals surface area (Å²) in [6.07, 6.45) is 3.71. The van der Waals surface area contributed by atoms with E-state index < -0.39 is 0 Å². The highest BCUT2D eigenvalue weighted by Gasteiger charge is 2.27. The third-order valence-corrected chi connectivity index (χ3v) is 5.13. The normalized spacial score (nSPS) is 17.5. The molecular formula is C20H23N5O. The summed E-state index contributed by atoms with van der Waals surface area (Å²) in [7, 11) is 1.90. The van der Waals surface area contributed by atoms with Crippen LogP contribution in [0.15, 0.2) is 42.7 Å². The van der Waals surface area contributed by atoms with Crippen molar-refractivity contribution in [3.05, 3.63) is 54.0 Å². The Morgan fingerprint density at radius 3 is 3.04 bits per heavy atom. The molecule has 1 fully saturated rings. The van der Waals surface area contributed by atoms with Gasteiger partial charge in [0.1, 0.15) is 5.82 Å². The number of H-pyrrole nitrogens is 1. The average Bonchev–Trinajstić information content (AvgIpc) is 3.14. The van der Waals surface area contributed by atoms with Gasteiger partial charge in [-0.05, 0) is 50.1 Å². The van der Waals surface area contributed by atoms with Gasteiger partial charge in [-0.15, -0.1) is 0 Å². The van der Waals surface area contributed by atoms with Crippen molar-refractivity contribution in [1.82, 2.24) is 19.9 Å². The van der Waals surface area contributed by atoms with Crippen molar-refractivity contribution < 1.29 is 4.79 Å². The molecule has 0 aliphatic carbocycles. The summed E-state index contributed by atoms with van der Waals surface area (Å²) in [6, 6.07) is 11.9. The molecule has 6 nitrogen and oxygen atoms in total. The second-order valence-electron chi connectivity index (χ2n) is 6.93. The molecule has 0 saturated carbocycles. The van der Waals surface area contributed by atoms with Gasteiger partial charge in [0, 0.05) is 37.4 Å². The zero-order valence-electron chi connectivity index (χ0n) is 15.1. The van der Waals surface area contributed by atoms with Crippen LogP contribution in [-0.2, 0) is 0 Å². The molecule has 0 spiro atoms. The number of rotatable bonds is 3. The molecule has 1 aliphatic rings. The molecule has 1 aliphatic heterocycles. The Morgan fingerprint density at radius 1 is 1.31 bits per heavy atom. The molecular weight excluding hydrogens is 326 g/mol. The van der Waals surface area contributed by atoms with Gasteiger partial charge in [0.2, 0.25) is 0 Å². The van der Waals surface area contributed by atoms with Crippen LogP contribution in [0.3, 0.4) is 0 Å². The van der Waals surface area contributed by atoms with Crippen LogP contribution in [0.5, 0.6) is 0 Å². The Balaban J connectivity index is 1.51. The molecule has 26 heavy (non-hydrogen) atoms. The lowest BCUT2D eigenvalue weighted by atomic mass is 10.0. The lowest BCUT2D eigenvalue weighted by molar-refractivity contribution is 0.0717. The smallest absolute Gasteiger partial charge is 0.253 e. The largest absolute Gasteiger partial charge is 0.355 e. The van der Waals surface area contributed by atoms with Crippen LogP contribution in [-0.4, -0.2) is 51.9 Å². The van der Waals surface area contributed by atoms with Gasteiger partial charge in [0.05, 0.1) is 17.4 Å². The number of hydrogen-bond acceptors (Lipinski definition) is 4. The maximum atomic E-state index is 13.0. The SMILES string of the molecule is Cc1cccc(N2CCC[C@H](N(C)C(=O)c3ccc4nc[nH]c4c3)C2)n1. The van der Waals surface area contributed by atoms with Crippen LogP contribution in [0, 0.1) is 6.92 Å². The molecule has 1 N–H and O–H groups in total. The quantitative estimate of drug-likeness (QED) is 0.789. The first-order valence-corrected chi connectivity index (χ1v) is 9.01. The molecule has 1 aromatic carbocycles. The highest BCUT2D eigenvalue weighted by Crippen LogP contribution is 2.22. The van der Waals surface area contributed by atoms with Gasteiger partial charge in [0.15, 0.2) is 0 Å². The van der Waals surface area contributed by atoms with E-state index in [4.69, 9.17) is 0 Å². The summed E-state index contributed by atoms with van der Waals surface area (Å²) >= 11 is 0. The number of nitrogens with one attached hydrogen (secondary N) is 1. The number of anilines is 1. The zero-order chi connectivity index (χ0) is 18.1. The van der Waals surface area contributed by atoms with E-state index in [1.165, 1.54) is 0 Å². The van der Waals surface area contributed by atoms with Gasteiger partial charge in [-0.3, -0.25) is 4.79 Å². The molecule has 4 rings (SSSR count). The maximum absolute atomic E-state index is 13.0. The lowest BCUT2D eigenvalue weighted by Gasteiger charge is -2.38. The van der Waals surface area contributed by atoms with Gasteiger partial charge < -0.3 is 14.8 Å². The Morgan fingerprint density at radius 2 is 2.19 bits per heavy atom. The molecule has 0 bridgehead atoms. The fourth-order valence-corrected chi connectivity index (χ4v) is 3.62. The number of hydrogen-bond donors (Lipinski definition) is 1. The number of nitrogens with zero attached hydrogens (tertiary/aromatic N) is 4. The summed E-state index contributed by atoms with van der Waals surface area (Å²) in [6.45, 7) is 3.80. The van der Waals surface area contributed by atoms with Crippen LogP contribution >= 0.6 is 0 Å². The van der Waals surface area contributed by atoms with E-state index in [1.54, 1.807) is 6.33 Å². The van der Waals surface area contributed by atoms with E-state index in [2.05, 4.69) is 19.9 Å². The number of aromatic nitrogens is 3. The predicted molar refractivity (Wildman–Crippen MR) is 102 cm³/mol. The monoisotopic (exact) mass is 349 g/mol. The molecule has 1 saturated heterocycles. The van der Waals surface area contributed by atoms with E-state index in [1.807, 2.05) is 55.3 Å². The van der Waals surface area contributed by atoms with Crippen LogP contribution in [0.4, 0.5) is 5.82 Å². The van der Waals surface area contributed by atoms with Crippen molar-refractivity contribution in [2.24, 2.45) is 0 Å². The minimum absolute atomic E-state index is 0.0468. The van der Waals surface area contributed by atoms with Crippen LogP contribution in [0.2, 0.25) is 0 Å². The van der Waals surface area contributed by atoms with Gasteiger partial charge >= 0.3 is 0 Å². The fourth-order valence-electron chi connectivity index (χ4n) is 3.62. The number of fused-ring (bicyclic) bond motifs is 1. The highest BCUT2D eigenvalue weighted by atomic mass is 16.2. The first kappa shape index (κ1) is 16.6. The molecule has 6 heteroatoms. The first-order chi connectivity index (χ1) is 12.6. The molecule has 1 amide bonds. The molecule has 0 unspecified atom stereocenters. The standard InChI is InChI=1S/C20H23N5O/c1-14-5-3-7-19(23-14)25-10-4-6-16(12-25)24(2)20(26)15-8-9-17-18(11-15)22-13-21-17/h3,5,7-9,11,13,16H,4,6,10,12H2,1-2H3,(H,21,22)/t16-/m0/s1. The number of piperidine rings is 1. The minimum Gasteiger partial charge on any atom is -0.355 e. The number of imidazole rings is 1. The summed E-state index contributed by atoms with van der Waals surface area (Å²) < 4.78 is 0. The topological polar surface area (TPSA) is 65.1 Å². The highest BCUT2D eigenvalue weighted by molar-refractivity contribution is 5.97. The van der Waals surface area contributed by atoms with Gasteiger partial charge in [-0.2, -0.15) is 0 Å². The summed E-state index contributed by atoms with van der Waals surface area (Å²) in [5, 5.41) is 0. The van der Waals surface area contributed by atoms with Crippen molar-refractivity contribution in [1.29, 1.82) is 0 Å². The third-order valence-electron chi connectivity index (χ3n) is 5.13. The molecule has 1 atom stereocenters. The van der Waals surface area contributed by atoms with Crippen molar-refractivity contribution in [2.45, 2.75) is 25.8 Å². The van der Waals surface area contributed by atoms with Crippen LogP contribution < -0.4 is 4.90 Å². The van der Waals surface area contributed by atoms with E-state index in [0.717, 1.165) is 48.5 Å². The van der Waals surface area contributed by atoms with Crippen molar-refractivity contribution in [3.8, 4) is 0 Å². The third kappa shape index (κ3) is 3.14. The summed E-state index contributed by atoms with van der Waals surface area (Å²) in [5.41, 5.74) is 3.47. The van der Waals surface area contributed by atoms with Gasteiger partial charge in [-0.1, -0.05) is 6.07 Å². The molecule has 3 aromatic rings. The molecule has 134 valence electrons. The Hall–Kier alpha value is -2.89. The van der Waals surface area contributed by atoms with Crippen molar-refractivity contribution in [3.63, 3.8) is 0 Å². The Kier molecular flexibility index (Phi) is 4.32. The van der Waals surface area contributed by atoms with E-state index in [9.17, 15) is 4.79 Å².